The average Bonchev–Trinajstić information content (AvgIpc) is 2.69. The van der Waals surface area contributed by atoms with E-state index in [4.69, 9.17) is 10.5 Å². The molecule has 0 atom stereocenters. The van der Waals surface area contributed by atoms with Crippen molar-refractivity contribution < 1.29 is 9.53 Å². The molecule has 0 aliphatic carbocycles. The van der Waals surface area contributed by atoms with Crippen LogP contribution in [-0.2, 0) is 0 Å². The molecule has 6 heteroatoms. The Labute approximate surface area is 120 Å². The number of amides is 1. The summed E-state index contributed by atoms with van der Waals surface area (Å²) in [5.41, 5.74) is 5.60. The molecule has 0 radical (unpaired) electrons. The van der Waals surface area contributed by atoms with Crippen LogP contribution in [0.4, 0.5) is 0 Å². The third-order valence-electron chi connectivity index (χ3n) is 2.65. The van der Waals surface area contributed by atoms with E-state index in [2.05, 4.69) is 15.9 Å². The summed E-state index contributed by atoms with van der Waals surface area (Å²) in [7, 11) is 3.38. The molecule has 0 saturated heterocycles. The van der Waals surface area contributed by atoms with Gasteiger partial charge in [0.1, 0.15) is 9.54 Å². The van der Waals surface area contributed by atoms with Gasteiger partial charge < -0.3 is 15.4 Å². The van der Waals surface area contributed by atoms with Crippen molar-refractivity contribution in [1.82, 2.24) is 4.90 Å². The van der Waals surface area contributed by atoms with Gasteiger partial charge in [0.2, 0.25) is 0 Å². The van der Waals surface area contributed by atoms with Gasteiger partial charge in [-0.15, -0.1) is 11.3 Å². The Kier molecular flexibility index (Phi) is 5.19. The first-order valence-corrected chi connectivity index (χ1v) is 7.20. The van der Waals surface area contributed by atoms with Crippen LogP contribution in [0.3, 0.4) is 0 Å². The number of ether oxygens (including phenoxy) is 1. The van der Waals surface area contributed by atoms with Crippen LogP contribution < -0.4 is 10.5 Å². The zero-order valence-electron chi connectivity index (χ0n) is 11.1. The molecule has 4 nitrogen and oxygen atoms in total. The minimum atomic E-state index is -0.0804. The Morgan fingerprint density at radius 2 is 2.22 bits per heavy atom. The van der Waals surface area contributed by atoms with Gasteiger partial charge in [-0.3, -0.25) is 4.79 Å². The van der Waals surface area contributed by atoms with E-state index in [1.54, 1.807) is 25.1 Å². The van der Waals surface area contributed by atoms with Crippen molar-refractivity contribution in [3.8, 4) is 5.75 Å². The average molecular weight is 335 g/mol. The summed E-state index contributed by atoms with van der Waals surface area (Å²) in [6.45, 7) is 5.26. The molecule has 0 aliphatic heterocycles. The summed E-state index contributed by atoms with van der Waals surface area (Å²) in [6.07, 6.45) is 0. The molecule has 0 bridgehead atoms. The number of rotatable bonds is 5. The highest BCUT2D eigenvalue weighted by atomic mass is 79.9. The van der Waals surface area contributed by atoms with Crippen molar-refractivity contribution in [2.24, 2.45) is 11.1 Å². The van der Waals surface area contributed by atoms with E-state index in [-0.39, 0.29) is 11.3 Å². The maximum atomic E-state index is 12.2. The molecular weight excluding hydrogens is 316 g/mol. The predicted octanol–water partition coefficient (Wildman–Crippen LogP) is 2.58. The number of methoxy groups -OCH3 is 1. The summed E-state index contributed by atoms with van der Waals surface area (Å²) in [5.74, 6) is 0.681. The third kappa shape index (κ3) is 3.70. The first-order valence-electron chi connectivity index (χ1n) is 5.59. The zero-order chi connectivity index (χ0) is 13.9. The van der Waals surface area contributed by atoms with Gasteiger partial charge in [-0.1, -0.05) is 13.8 Å². The van der Waals surface area contributed by atoms with Crippen molar-refractivity contribution in [2.75, 3.05) is 27.2 Å². The Morgan fingerprint density at radius 1 is 1.61 bits per heavy atom. The lowest BCUT2D eigenvalue weighted by Crippen LogP contribution is -2.39. The number of hydrogen-bond acceptors (Lipinski definition) is 4. The van der Waals surface area contributed by atoms with E-state index in [0.717, 1.165) is 3.79 Å². The topological polar surface area (TPSA) is 55.6 Å². The fourth-order valence-corrected chi connectivity index (χ4v) is 3.21. The first-order chi connectivity index (χ1) is 8.30. The lowest BCUT2D eigenvalue weighted by atomic mass is 9.93. The Morgan fingerprint density at radius 3 is 2.67 bits per heavy atom. The Hall–Kier alpha value is -0.590. The number of carbonyl (C=O) groups excluding carboxylic acids is 1. The van der Waals surface area contributed by atoms with Crippen molar-refractivity contribution >= 4 is 33.2 Å². The summed E-state index contributed by atoms with van der Waals surface area (Å²) >= 11 is 4.75. The molecule has 102 valence electrons. The molecule has 1 amide bonds. The van der Waals surface area contributed by atoms with Crippen molar-refractivity contribution in [3.63, 3.8) is 0 Å². The molecule has 1 aromatic rings. The van der Waals surface area contributed by atoms with Crippen molar-refractivity contribution in [1.29, 1.82) is 0 Å². The quantitative estimate of drug-likeness (QED) is 0.900. The van der Waals surface area contributed by atoms with Gasteiger partial charge in [0.15, 0.2) is 0 Å². The number of carbonyl (C=O) groups is 1. The molecule has 0 spiro atoms. The molecule has 1 rings (SSSR count). The third-order valence-corrected chi connectivity index (χ3v) is 4.42. The molecule has 0 aliphatic rings. The normalized spacial score (nSPS) is 11.4. The second kappa shape index (κ2) is 6.04. The van der Waals surface area contributed by atoms with Crippen molar-refractivity contribution in [3.05, 3.63) is 14.7 Å². The van der Waals surface area contributed by atoms with Crippen LogP contribution >= 0.6 is 27.3 Å². The number of nitrogens with two attached hydrogens (primary N) is 1. The van der Waals surface area contributed by atoms with Crippen LogP contribution in [-0.4, -0.2) is 38.1 Å². The Bertz CT molecular complexity index is 432. The molecule has 1 heterocycles. The zero-order valence-corrected chi connectivity index (χ0v) is 13.5. The number of hydrogen-bond donors (Lipinski definition) is 1. The van der Waals surface area contributed by atoms with Gasteiger partial charge in [0, 0.05) is 19.7 Å². The van der Waals surface area contributed by atoms with Crippen LogP contribution in [0, 0.1) is 5.41 Å². The van der Waals surface area contributed by atoms with Crippen molar-refractivity contribution in [2.45, 2.75) is 13.8 Å². The number of nitrogens with zero attached hydrogens (tertiary/aromatic N) is 1. The SMILES string of the molecule is COc1cc(C(=O)N(C)CC(C)(C)CN)sc1Br. The summed E-state index contributed by atoms with van der Waals surface area (Å²) in [6, 6.07) is 1.75. The molecule has 0 saturated carbocycles. The number of thiophene rings is 1. The van der Waals surface area contributed by atoms with E-state index >= 15 is 0 Å². The molecule has 18 heavy (non-hydrogen) atoms. The molecule has 0 unspecified atom stereocenters. The van der Waals surface area contributed by atoms with E-state index in [9.17, 15) is 4.79 Å². The Balaban J connectivity index is 2.80. The van der Waals surface area contributed by atoms with Gasteiger partial charge >= 0.3 is 0 Å². The van der Waals surface area contributed by atoms with E-state index < -0.39 is 0 Å². The minimum absolute atomic E-state index is 0.00877. The molecule has 0 aromatic carbocycles. The van der Waals surface area contributed by atoms with Gasteiger partial charge in [0.25, 0.3) is 5.91 Å². The van der Waals surface area contributed by atoms with Crippen LogP contribution in [0.2, 0.25) is 0 Å². The minimum Gasteiger partial charge on any atom is -0.495 e. The second-order valence-corrected chi connectivity index (χ2v) is 7.35. The lowest BCUT2D eigenvalue weighted by Gasteiger charge is -2.28. The predicted molar refractivity (Wildman–Crippen MR) is 78.4 cm³/mol. The monoisotopic (exact) mass is 334 g/mol. The fourth-order valence-electron chi connectivity index (χ4n) is 1.56. The van der Waals surface area contributed by atoms with E-state index in [0.29, 0.717) is 23.7 Å². The van der Waals surface area contributed by atoms with Crippen LogP contribution in [0.1, 0.15) is 23.5 Å². The molecule has 2 N–H and O–H groups in total. The van der Waals surface area contributed by atoms with Gasteiger partial charge in [-0.25, -0.2) is 0 Å². The lowest BCUT2D eigenvalue weighted by molar-refractivity contribution is 0.0745. The molecule has 1 aromatic heterocycles. The molecular formula is C12H19BrN2O2S. The highest BCUT2D eigenvalue weighted by molar-refractivity contribution is 9.11. The van der Waals surface area contributed by atoms with E-state index in [1.165, 1.54) is 11.3 Å². The van der Waals surface area contributed by atoms with Crippen LogP contribution in [0.15, 0.2) is 9.85 Å². The van der Waals surface area contributed by atoms with Crippen LogP contribution in [0.5, 0.6) is 5.75 Å². The maximum absolute atomic E-state index is 12.2. The van der Waals surface area contributed by atoms with Gasteiger partial charge in [-0.05, 0) is 27.9 Å². The first kappa shape index (κ1) is 15.5. The van der Waals surface area contributed by atoms with E-state index in [1.807, 2.05) is 13.8 Å². The second-order valence-electron chi connectivity index (χ2n) is 4.98. The summed E-state index contributed by atoms with van der Waals surface area (Å²) in [4.78, 5) is 14.6. The highest BCUT2D eigenvalue weighted by Crippen LogP contribution is 2.35. The molecule has 0 fully saturated rings. The van der Waals surface area contributed by atoms with Gasteiger partial charge in [0.05, 0.1) is 12.0 Å². The smallest absolute Gasteiger partial charge is 0.263 e. The fraction of sp³-hybridized carbons (Fsp3) is 0.583. The standard InChI is InChI=1S/C12H19BrN2O2S/c1-12(2,6-14)7-15(3)11(16)9-5-8(17-4)10(13)18-9/h5H,6-7,14H2,1-4H3. The summed E-state index contributed by atoms with van der Waals surface area (Å²) in [5, 5.41) is 0. The van der Waals surface area contributed by atoms with Crippen LogP contribution in [0.25, 0.3) is 0 Å². The summed E-state index contributed by atoms with van der Waals surface area (Å²) < 4.78 is 5.98. The highest BCUT2D eigenvalue weighted by Gasteiger charge is 2.23. The maximum Gasteiger partial charge on any atom is 0.263 e. The number of halogens is 1. The van der Waals surface area contributed by atoms with Gasteiger partial charge in [-0.2, -0.15) is 0 Å². The largest absolute Gasteiger partial charge is 0.495 e.